The van der Waals surface area contributed by atoms with Gasteiger partial charge >= 0.3 is 5.97 Å². The second-order valence-electron chi connectivity index (χ2n) is 5.72. The monoisotopic (exact) mass is 339 g/mol. The zero-order valence-electron chi connectivity index (χ0n) is 13.5. The maximum Gasteiger partial charge on any atom is 0.321 e. The van der Waals surface area contributed by atoms with Gasteiger partial charge in [-0.1, -0.05) is 36.4 Å². The second-order valence-corrected chi connectivity index (χ2v) is 5.72. The normalized spacial score (nSPS) is 12.0. The third-order valence-corrected chi connectivity index (χ3v) is 3.93. The molecule has 0 saturated heterocycles. The van der Waals surface area contributed by atoms with Crippen molar-refractivity contribution in [3.8, 4) is 5.69 Å². The molecular weight excluding hydrogens is 321 g/mol. The molecule has 0 saturated carbocycles. The number of carboxylic acids is 1. The van der Waals surface area contributed by atoms with E-state index in [-0.39, 0.29) is 12.4 Å². The summed E-state index contributed by atoms with van der Waals surface area (Å²) in [5, 5.41) is 12.4. The molecule has 0 aliphatic carbocycles. The standard InChI is InChI=1S/C19H18FN3O2/c20-16-10-15(6-7-18(16)23-9-8-21-13-23)12-22-17(19(24)25)11-14-4-2-1-3-5-14/h1-10,13,17,22H,11-12H2,(H,24,25)/t17-/m1/s1. The number of halogens is 1. The van der Waals surface area contributed by atoms with Gasteiger partial charge < -0.3 is 15.0 Å². The Morgan fingerprint density at radius 1 is 1.20 bits per heavy atom. The van der Waals surface area contributed by atoms with Gasteiger partial charge in [-0.15, -0.1) is 0 Å². The lowest BCUT2D eigenvalue weighted by Crippen LogP contribution is -2.38. The summed E-state index contributed by atoms with van der Waals surface area (Å²) < 4.78 is 15.8. The van der Waals surface area contributed by atoms with Crippen LogP contribution >= 0.6 is 0 Å². The van der Waals surface area contributed by atoms with E-state index in [0.717, 1.165) is 5.56 Å². The van der Waals surface area contributed by atoms with Crippen LogP contribution in [0.5, 0.6) is 0 Å². The maximum absolute atomic E-state index is 14.3. The van der Waals surface area contributed by atoms with Crippen LogP contribution in [-0.2, 0) is 17.8 Å². The molecule has 25 heavy (non-hydrogen) atoms. The van der Waals surface area contributed by atoms with Gasteiger partial charge in [0.1, 0.15) is 11.9 Å². The number of aromatic nitrogens is 2. The van der Waals surface area contributed by atoms with Crippen molar-refractivity contribution >= 4 is 5.97 Å². The number of nitrogens with zero attached hydrogens (tertiary/aromatic N) is 2. The molecule has 0 aliphatic heterocycles. The second kappa shape index (κ2) is 7.72. The molecule has 3 rings (SSSR count). The molecule has 128 valence electrons. The zero-order valence-corrected chi connectivity index (χ0v) is 13.5. The van der Waals surface area contributed by atoms with E-state index in [2.05, 4.69) is 10.3 Å². The summed E-state index contributed by atoms with van der Waals surface area (Å²) >= 11 is 0. The van der Waals surface area contributed by atoms with Crippen LogP contribution in [0.2, 0.25) is 0 Å². The quantitative estimate of drug-likeness (QED) is 0.695. The zero-order chi connectivity index (χ0) is 17.6. The molecule has 1 atom stereocenters. The van der Waals surface area contributed by atoms with Crippen LogP contribution in [0.25, 0.3) is 5.69 Å². The van der Waals surface area contributed by atoms with E-state index in [0.29, 0.717) is 17.7 Å². The highest BCUT2D eigenvalue weighted by atomic mass is 19.1. The highest BCUT2D eigenvalue weighted by Crippen LogP contribution is 2.15. The number of nitrogens with one attached hydrogen (secondary N) is 1. The Hall–Kier alpha value is -2.99. The minimum atomic E-state index is -0.931. The summed E-state index contributed by atoms with van der Waals surface area (Å²) in [6.07, 6.45) is 5.13. The Balaban J connectivity index is 1.67. The van der Waals surface area contributed by atoms with Crippen molar-refractivity contribution in [1.29, 1.82) is 0 Å². The van der Waals surface area contributed by atoms with Crippen LogP contribution < -0.4 is 5.32 Å². The van der Waals surface area contributed by atoms with Crippen molar-refractivity contribution in [3.05, 3.63) is 84.2 Å². The molecule has 0 fully saturated rings. The Morgan fingerprint density at radius 2 is 2.00 bits per heavy atom. The first kappa shape index (κ1) is 16.9. The fraction of sp³-hybridized carbons (Fsp3) is 0.158. The van der Waals surface area contributed by atoms with Crippen molar-refractivity contribution < 1.29 is 14.3 Å². The topological polar surface area (TPSA) is 67.2 Å². The molecule has 0 bridgehead atoms. The van der Waals surface area contributed by atoms with E-state index >= 15 is 0 Å². The minimum Gasteiger partial charge on any atom is -0.480 e. The smallest absolute Gasteiger partial charge is 0.321 e. The van der Waals surface area contributed by atoms with Gasteiger partial charge in [-0.3, -0.25) is 4.79 Å². The lowest BCUT2D eigenvalue weighted by molar-refractivity contribution is -0.139. The van der Waals surface area contributed by atoms with Gasteiger partial charge in [-0.05, 0) is 29.7 Å². The summed E-state index contributed by atoms with van der Waals surface area (Å²) in [4.78, 5) is 15.4. The van der Waals surface area contributed by atoms with Gasteiger partial charge in [-0.25, -0.2) is 9.37 Å². The first-order chi connectivity index (χ1) is 12.1. The van der Waals surface area contributed by atoms with Gasteiger partial charge in [0, 0.05) is 18.9 Å². The van der Waals surface area contributed by atoms with Crippen LogP contribution in [0, 0.1) is 5.82 Å². The van der Waals surface area contributed by atoms with Gasteiger partial charge in [0.2, 0.25) is 0 Å². The lowest BCUT2D eigenvalue weighted by atomic mass is 10.1. The first-order valence-electron chi connectivity index (χ1n) is 7.90. The maximum atomic E-state index is 14.3. The summed E-state index contributed by atoms with van der Waals surface area (Å²) in [7, 11) is 0. The molecule has 2 aromatic carbocycles. The number of rotatable bonds is 7. The molecule has 0 amide bonds. The van der Waals surface area contributed by atoms with Crippen molar-refractivity contribution in [2.24, 2.45) is 0 Å². The average Bonchev–Trinajstić information content (AvgIpc) is 3.13. The Morgan fingerprint density at radius 3 is 2.64 bits per heavy atom. The first-order valence-corrected chi connectivity index (χ1v) is 7.90. The highest BCUT2D eigenvalue weighted by molar-refractivity contribution is 5.73. The van der Waals surface area contributed by atoms with Crippen molar-refractivity contribution in [3.63, 3.8) is 0 Å². The lowest BCUT2D eigenvalue weighted by Gasteiger charge is -2.15. The van der Waals surface area contributed by atoms with E-state index < -0.39 is 12.0 Å². The van der Waals surface area contributed by atoms with E-state index in [4.69, 9.17) is 0 Å². The van der Waals surface area contributed by atoms with Gasteiger partial charge in [-0.2, -0.15) is 0 Å². The van der Waals surface area contributed by atoms with Crippen molar-refractivity contribution in [2.75, 3.05) is 0 Å². The molecule has 6 heteroatoms. The molecule has 0 spiro atoms. The van der Waals surface area contributed by atoms with E-state index in [9.17, 15) is 14.3 Å². The molecule has 1 aromatic heterocycles. The van der Waals surface area contributed by atoms with Crippen LogP contribution in [0.4, 0.5) is 4.39 Å². The molecule has 1 heterocycles. The summed E-state index contributed by atoms with van der Waals surface area (Å²) in [6, 6.07) is 13.5. The predicted octanol–water partition coefficient (Wildman–Crippen LogP) is 2.80. The SMILES string of the molecule is O=C(O)[C@@H](Cc1ccccc1)NCc1ccc(-n2ccnc2)c(F)c1. The summed E-state index contributed by atoms with van der Waals surface area (Å²) in [6.45, 7) is 0.269. The Labute approximate surface area is 144 Å². The van der Waals surface area contributed by atoms with Crippen LogP contribution in [-0.4, -0.2) is 26.7 Å². The van der Waals surface area contributed by atoms with Crippen molar-refractivity contribution in [1.82, 2.24) is 14.9 Å². The number of carbonyl (C=O) groups is 1. The molecular formula is C19H18FN3O2. The molecule has 0 radical (unpaired) electrons. The molecule has 2 N–H and O–H groups in total. The Kier molecular flexibility index (Phi) is 5.20. The number of benzene rings is 2. The van der Waals surface area contributed by atoms with Crippen LogP contribution in [0.1, 0.15) is 11.1 Å². The third-order valence-electron chi connectivity index (χ3n) is 3.93. The van der Waals surface area contributed by atoms with Crippen LogP contribution in [0.15, 0.2) is 67.3 Å². The van der Waals surface area contributed by atoms with E-state index in [1.165, 1.54) is 12.4 Å². The summed E-state index contributed by atoms with van der Waals surface area (Å²) in [5.41, 5.74) is 2.02. The molecule has 3 aromatic rings. The summed E-state index contributed by atoms with van der Waals surface area (Å²) in [5.74, 6) is -1.31. The van der Waals surface area contributed by atoms with E-state index in [1.54, 1.807) is 29.1 Å². The Bertz CT molecular complexity index is 835. The van der Waals surface area contributed by atoms with Gasteiger partial charge in [0.25, 0.3) is 0 Å². The molecule has 0 aliphatic rings. The molecule has 0 unspecified atom stereocenters. The number of carboxylic acid groups (broad SMARTS) is 1. The van der Waals surface area contributed by atoms with Crippen LogP contribution in [0.3, 0.4) is 0 Å². The number of aliphatic carboxylic acids is 1. The fourth-order valence-electron chi connectivity index (χ4n) is 2.61. The number of hydrogen-bond acceptors (Lipinski definition) is 3. The minimum absolute atomic E-state index is 0.269. The number of hydrogen-bond donors (Lipinski definition) is 2. The highest BCUT2D eigenvalue weighted by Gasteiger charge is 2.17. The molecule has 5 nitrogen and oxygen atoms in total. The third kappa shape index (κ3) is 4.30. The fourth-order valence-corrected chi connectivity index (χ4v) is 2.61. The number of imidazole rings is 1. The largest absolute Gasteiger partial charge is 0.480 e. The predicted molar refractivity (Wildman–Crippen MR) is 91.9 cm³/mol. The van der Waals surface area contributed by atoms with Gasteiger partial charge in [0.15, 0.2) is 0 Å². The van der Waals surface area contributed by atoms with E-state index in [1.807, 2.05) is 30.3 Å². The van der Waals surface area contributed by atoms with Crippen molar-refractivity contribution in [2.45, 2.75) is 19.0 Å². The van der Waals surface area contributed by atoms with Gasteiger partial charge in [0.05, 0.1) is 12.0 Å². The average molecular weight is 339 g/mol.